The molecule has 2 unspecified atom stereocenters. The molecule has 128 valence electrons. The third-order valence-electron chi connectivity index (χ3n) is 3.52. The highest BCUT2D eigenvalue weighted by atomic mass is 35.5. The van der Waals surface area contributed by atoms with Crippen molar-refractivity contribution in [3.63, 3.8) is 0 Å². The Hall–Kier alpha value is -1.46. The van der Waals surface area contributed by atoms with Gasteiger partial charge in [-0.25, -0.2) is 4.99 Å². The van der Waals surface area contributed by atoms with Gasteiger partial charge in [-0.15, -0.1) is 0 Å². The molecule has 0 aliphatic carbocycles. The lowest BCUT2D eigenvalue weighted by Gasteiger charge is -2.16. The quantitative estimate of drug-likeness (QED) is 0.592. The van der Waals surface area contributed by atoms with Gasteiger partial charge in [0.05, 0.1) is 12.6 Å². The van der Waals surface area contributed by atoms with E-state index in [1.165, 1.54) is 0 Å². The second-order valence-corrected chi connectivity index (χ2v) is 6.05. The van der Waals surface area contributed by atoms with E-state index in [1.54, 1.807) is 0 Å². The summed E-state index contributed by atoms with van der Waals surface area (Å²) in [5.41, 5.74) is 0. The maximum absolute atomic E-state index is 5.87. The molecule has 1 saturated heterocycles. The Kier molecular flexibility index (Phi) is 7.49. The highest BCUT2D eigenvalue weighted by Gasteiger charge is 2.15. The van der Waals surface area contributed by atoms with Gasteiger partial charge in [0.1, 0.15) is 11.9 Å². The first-order valence-electron chi connectivity index (χ1n) is 8.23. The number of nitrogens with one attached hydrogen (secondary N) is 2. The van der Waals surface area contributed by atoms with E-state index in [2.05, 4.69) is 22.5 Å². The first kappa shape index (κ1) is 17.9. The van der Waals surface area contributed by atoms with Gasteiger partial charge in [0.25, 0.3) is 0 Å². The lowest BCUT2D eigenvalue weighted by Crippen LogP contribution is -2.41. The smallest absolute Gasteiger partial charge is 0.191 e. The molecule has 0 bridgehead atoms. The van der Waals surface area contributed by atoms with Crippen molar-refractivity contribution in [2.24, 2.45) is 4.99 Å². The minimum absolute atomic E-state index is 0.0191. The van der Waals surface area contributed by atoms with Gasteiger partial charge in [-0.05, 0) is 51.0 Å². The molecule has 6 heteroatoms. The fourth-order valence-electron chi connectivity index (χ4n) is 2.36. The SMILES string of the molecule is CCNC(=NCC(C)Oc1ccc(Cl)cc1)NCC1CCCO1. The zero-order valence-corrected chi connectivity index (χ0v) is 14.6. The molecule has 0 aromatic heterocycles. The summed E-state index contributed by atoms with van der Waals surface area (Å²) in [6.45, 7) is 7.11. The Balaban J connectivity index is 1.79. The van der Waals surface area contributed by atoms with Gasteiger partial charge in [-0.1, -0.05) is 11.6 Å². The van der Waals surface area contributed by atoms with Crippen molar-refractivity contribution in [3.05, 3.63) is 29.3 Å². The lowest BCUT2D eigenvalue weighted by molar-refractivity contribution is 0.113. The zero-order chi connectivity index (χ0) is 16.5. The Morgan fingerprint density at radius 1 is 1.39 bits per heavy atom. The fourth-order valence-corrected chi connectivity index (χ4v) is 2.49. The molecule has 1 heterocycles. The normalized spacial score (nSPS) is 19.4. The summed E-state index contributed by atoms with van der Waals surface area (Å²) in [6, 6.07) is 7.37. The third kappa shape index (κ3) is 6.67. The number of guanidine groups is 1. The molecule has 1 aliphatic rings. The first-order valence-corrected chi connectivity index (χ1v) is 8.61. The van der Waals surface area contributed by atoms with Crippen LogP contribution in [0.3, 0.4) is 0 Å². The molecule has 0 amide bonds. The molecule has 1 aromatic carbocycles. The van der Waals surface area contributed by atoms with Crippen LogP contribution in [0, 0.1) is 0 Å². The minimum Gasteiger partial charge on any atom is -0.489 e. The number of rotatable bonds is 7. The summed E-state index contributed by atoms with van der Waals surface area (Å²) < 4.78 is 11.4. The molecule has 1 aromatic rings. The second kappa shape index (κ2) is 9.63. The van der Waals surface area contributed by atoms with Crippen LogP contribution in [0.5, 0.6) is 5.75 Å². The van der Waals surface area contributed by atoms with E-state index < -0.39 is 0 Å². The van der Waals surface area contributed by atoms with Crippen LogP contribution in [-0.4, -0.2) is 44.4 Å². The van der Waals surface area contributed by atoms with Crippen molar-refractivity contribution >= 4 is 17.6 Å². The molecule has 1 fully saturated rings. The van der Waals surface area contributed by atoms with Crippen LogP contribution < -0.4 is 15.4 Å². The van der Waals surface area contributed by atoms with Crippen molar-refractivity contribution in [1.82, 2.24) is 10.6 Å². The first-order chi connectivity index (χ1) is 11.2. The Morgan fingerprint density at radius 3 is 2.83 bits per heavy atom. The van der Waals surface area contributed by atoms with Gasteiger partial charge in [0.15, 0.2) is 5.96 Å². The summed E-state index contributed by atoms with van der Waals surface area (Å²) >= 11 is 5.87. The van der Waals surface area contributed by atoms with E-state index in [0.29, 0.717) is 17.7 Å². The minimum atomic E-state index is -0.0191. The number of benzene rings is 1. The summed E-state index contributed by atoms with van der Waals surface area (Å²) in [7, 11) is 0. The fraction of sp³-hybridized carbons (Fsp3) is 0.588. The molecule has 0 saturated carbocycles. The summed E-state index contributed by atoms with van der Waals surface area (Å²) in [6.07, 6.45) is 2.53. The van der Waals surface area contributed by atoms with Crippen molar-refractivity contribution in [3.8, 4) is 5.75 Å². The largest absolute Gasteiger partial charge is 0.489 e. The van der Waals surface area contributed by atoms with Gasteiger partial charge >= 0.3 is 0 Å². The van der Waals surface area contributed by atoms with E-state index in [0.717, 1.165) is 44.2 Å². The number of hydrogen-bond acceptors (Lipinski definition) is 3. The molecular weight excluding hydrogens is 314 g/mol. The summed E-state index contributed by atoms with van der Waals surface area (Å²) in [5, 5.41) is 7.28. The van der Waals surface area contributed by atoms with Crippen LogP contribution in [0.4, 0.5) is 0 Å². The van der Waals surface area contributed by atoms with E-state index >= 15 is 0 Å². The monoisotopic (exact) mass is 339 g/mol. The van der Waals surface area contributed by atoms with Crippen LogP contribution in [0.2, 0.25) is 5.02 Å². The third-order valence-corrected chi connectivity index (χ3v) is 3.77. The van der Waals surface area contributed by atoms with Gasteiger partial charge in [0.2, 0.25) is 0 Å². The maximum Gasteiger partial charge on any atom is 0.191 e. The van der Waals surface area contributed by atoms with Gasteiger partial charge in [0, 0.05) is 24.7 Å². The van der Waals surface area contributed by atoms with Gasteiger partial charge in [-0.3, -0.25) is 0 Å². The number of hydrogen-bond donors (Lipinski definition) is 2. The van der Waals surface area contributed by atoms with E-state index in [4.69, 9.17) is 21.1 Å². The molecule has 23 heavy (non-hydrogen) atoms. The Bertz CT molecular complexity index is 487. The average molecular weight is 340 g/mol. The van der Waals surface area contributed by atoms with Crippen LogP contribution in [0.25, 0.3) is 0 Å². The molecule has 5 nitrogen and oxygen atoms in total. The van der Waals surface area contributed by atoms with Gasteiger partial charge < -0.3 is 20.1 Å². The van der Waals surface area contributed by atoms with Crippen molar-refractivity contribution in [2.45, 2.75) is 38.9 Å². The van der Waals surface area contributed by atoms with Crippen molar-refractivity contribution in [2.75, 3.05) is 26.2 Å². The number of ether oxygens (including phenoxy) is 2. The van der Waals surface area contributed by atoms with E-state index in [9.17, 15) is 0 Å². The standard InChI is InChI=1S/C17H26ClN3O2/c1-3-19-17(21-12-16-5-4-10-22-16)20-11-13(2)23-15-8-6-14(18)7-9-15/h6-9,13,16H,3-5,10-12H2,1-2H3,(H2,19,20,21). The highest BCUT2D eigenvalue weighted by molar-refractivity contribution is 6.30. The highest BCUT2D eigenvalue weighted by Crippen LogP contribution is 2.16. The Morgan fingerprint density at radius 2 is 2.17 bits per heavy atom. The second-order valence-electron chi connectivity index (χ2n) is 5.62. The van der Waals surface area contributed by atoms with Crippen molar-refractivity contribution in [1.29, 1.82) is 0 Å². The predicted octanol–water partition coefficient (Wildman–Crippen LogP) is 2.84. The average Bonchev–Trinajstić information content (AvgIpc) is 3.06. The molecule has 0 spiro atoms. The maximum atomic E-state index is 5.87. The Labute approximate surface area is 143 Å². The molecule has 2 atom stereocenters. The van der Waals surface area contributed by atoms with E-state index in [1.807, 2.05) is 31.2 Å². The topological polar surface area (TPSA) is 54.9 Å². The molecule has 1 aliphatic heterocycles. The molecule has 0 radical (unpaired) electrons. The predicted molar refractivity (Wildman–Crippen MR) is 94.5 cm³/mol. The lowest BCUT2D eigenvalue weighted by atomic mass is 10.2. The van der Waals surface area contributed by atoms with Crippen LogP contribution in [0.15, 0.2) is 29.3 Å². The van der Waals surface area contributed by atoms with Crippen LogP contribution >= 0.6 is 11.6 Å². The summed E-state index contributed by atoms with van der Waals surface area (Å²) in [5.74, 6) is 1.60. The number of halogens is 1. The summed E-state index contributed by atoms with van der Waals surface area (Å²) in [4.78, 5) is 4.58. The van der Waals surface area contributed by atoms with Crippen molar-refractivity contribution < 1.29 is 9.47 Å². The molecule has 2 rings (SSSR count). The molecular formula is C17H26ClN3O2. The number of nitrogens with zero attached hydrogens (tertiary/aromatic N) is 1. The number of aliphatic imine (C=N–C) groups is 1. The van der Waals surface area contributed by atoms with E-state index in [-0.39, 0.29) is 6.10 Å². The van der Waals surface area contributed by atoms with Crippen LogP contribution in [-0.2, 0) is 4.74 Å². The molecule has 2 N–H and O–H groups in total. The zero-order valence-electron chi connectivity index (χ0n) is 13.8. The van der Waals surface area contributed by atoms with Gasteiger partial charge in [-0.2, -0.15) is 0 Å². The van der Waals surface area contributed by atoms with Crippen LogP contribution in [0.1, 0.15) is 26.7 Å².